The Morgan fingerprint density at radius 1 is 1.33 bits per heavy atom. The summed E-state index contributed by atoms with van der Waals surface area (Å²) >= 11 is 1.58. The second-order valence-electron chi connectivity index (χ2n) is 6.21. The van der Waals surface area contributed by atoms with Gasteiger partial charge in [0.05, 0.1) is 34.5 Å². The molecule has 0 aliphatic rings. The van der Waals surface area contributed by atoms with E-state index >= 15 is 0 Å². The fourth-order valence-electron chi connectivity index (χ4n) is 2.91. The quantitative estimate of drug-likeness (QED) is 0.752. The monoisotopic (exact) mass is 348 g/mol. The summed E-state index contributed by atoms with van der Waals surface area (Å²) in [6, 6.07) is -0.107. The molecule has 1 atom stereocenters. The minimum atomic E-state index is -0.107. The molecular weight excluding hydrogens is 324 g/mol. The number of rotatable bonds is 6. The first-order valence-electron chi connectivity index (χ1n) is 7.92. The van der Waals surface area contributed by atoms with Gasteiger partial charge in [-0.3, -0.25) is 14.3 Å². The first-order valence-corrected chi connectivity index (χ1v) is 8.80. The number of hydrogen-bond donors (Lipinski definition) is 0. The van der Waals surface area contributed by atoms with Gasteiger partial charge in [-0.05, 0) is 34.6 Å². The Labute approximate surface area is 146 Å². The van der Waals surface area contributed by atoms with Gasteiger partial charge >= 0.3 is 0 Å². The molecule has 0 N–H and O–H groups in total. The molecule has 0 radical (unpaired) electrons. The number of ketones is 1. The molecule has 0 saturated heterocycles. The summed E-state index contributed by atoms with van der Waals surface area (Å²) in [5, 5.41) is 7.42. The first-order chi connectivity index (χ1) is 11.2. The van der Waals surface area contributed by atoms with Crippen LogP contribution < -0.4 is 0 Å². The maximum absolute atomic E-state index is 12.5. The van der Waals surface area contributed by atoms with Crippen molar-refractivity contribution in [2.24, 2.45) is 0 Å². The minimum Gasteiger partial charge on any atom is -0.340 e. The van der Waals surface area contributed by atoms with E-state index in [2.05, 4.69) is 10.1 Å². The maximum Gasteiger partial charge on any atom is 0.224 e. The van der Waals surface area contributed by atoms with Gasteiger partial charge in [-0.15, -0.1) is 11.3 Å². The van der Waals surface area contributed by atoms with Crippen molar-refractivity contribution in [1.82, 2.24) is 19.7 Å². The minimum absolute atomic E-state index is 0.00537. The van der Waals surface area contributed by atoms with Gasteiger partial charge in [0, 0.05) is 24.5 Å². The van der Waals surface area contributed by atoms with Crippen LogP contribution in [0.5, 0.6) is 0 Å². The van der Waals surface area contributed by atoms with E-state index in [0.717, 1.165) is 16.4 Å². The second kappa shape index (κ2) is 7.25. The summed E-state index contributed by atoms with van der Waals surface area (Å²) in [5.74, 6) is 0.0378. The number of Topliss-reactive ketones (excluding diaryl/α,β-unsaturated/α-hetero) is 1. The molecule has 7 heteroatoms. The number of hydrogen-bond acceptors (Lipinski definition) is 5. The fourth-order valence-corrected chi connectivity index (χ4v) is 3.51. The molecule has 0 aliphatic carbocycles. The van der Waals surface area contributed by atoms with Crippen LogP contribution in [0.25, 0.3) is 0 Å². The van der Waals surface area contributed by atoms with E-state index in [1.165, 1.54) is 0 Å². The number of aromatic nitrogens is 3. The summed E-state index contributed by atoms with van der Waals surface area (Å²) in [6.45, 7) is 9.65. The zero-order chi connectivity index (χ0) is 18.0. The number of aryl methyl sites for hydroxylation is 2. The Balaban J connectivity index is 2.06. The van der Waals surface area contributed by atoms with E-state index < -0.39 is 0 Å². The van der Waals surface area contributed by atoms with Crippen LogP contribution in [0.2, 0.25) is 0 Å². The van der Waals surface area contributed by atoms with E-state index in [1.807, 2.05) is 33.1 Å². The molecule has 24 heavy (non-hydrogen) atoms. The second-order valence-corrected chi connectivity index (χ2v) is 7.27. The van der Waals surface area contributed by atoms with E-state index in [-0.39, 0.29) is 17.7 Å². The number of thiazole rings is 1. The topological polar surface area (TPSA) is 68.1 Å². The molecule has 130 valence electrons. The predicted molar refractivity (Wildman–Crippen MR) is 94.4 cm³/mol. The number of nitrogens with zero attached hydrogens (tertiary/aromatic N) is 4. The molecule has 2 rings (SSSR count). The Bertz CT molecular complexity index is 763. The van der Waals surface area contributed by atoms with Crippen molar-refractivity contribution in [3.05, 3.63) is 33.0 Å². The summed E-state index contributed by atoms with van der Waals surface area (Å²) < 4.78 is 1.78. The van der Waals surface area contributed by atoms with Crippen molar-refractivity contribution in [3.8, 4) is 0 Å². The third-order valence-electron chi connectivity index (χ3n) is 4.06. The molecule has 0 bridgehead atoms. The summed E-state index contributed by atoms with van der Waals surface area (Å²) in [7, 11) is 1.78. The predicted octanol–water partition coefficient (Wildman–Crippen LogP) is 3.08. The standard InChI is InChI=1S/C17H24N4O2S/c1-10(21-12(3)17(13(4)22)11(2)19-21)7-16(23)20(6)8-15-9-24-14(5)18-15/h9-10H,7-8H2,1-6H3. The lowest BCUT2D eigenvalue weighted by Gasteiger charge is -2.20. The Morgan fingerprint density at radius 2 is 2.00 bits per heavy atom. The van der Waals surface area contributed by atoms with Crippen molar-refractivity contribution < 1.29 is 9.59 Å². The van der Waals surface area contributed by atoms with Crippen LogP contribution in [-0.4, -0.2) is 38.4 Å². The number of carbonyl (C=O) groups excluding carboxylic acids is 2. The van der Waals surface area contributed by atoms with E-state index in [4.69, 9.17) is 0 Å². The van der Waals surface area contributed by atoms with Crippen LogP contribution in [0.4, 0.5) is 0 Å². The first kappa shape index (κ1) is 18.3. The maximum atomic E-state index is 12.5. The van der Waals surface area contributed by atoms with Gasteiger partial charge in [0.25, 0.3) is 0 Å². The lowest BCUT2D eigenvalue weighted by Crippen LogP contribution is -2.28. The van der Waals surface area contributed by atoms with Crippen LogP contribution in [0, 0.1) is 20.8 Å². The van der Waals surface area contributed by atoms with Gasteiger partial charge in [0.15, 0.2) is 5.78 Å². The number of carbonyl (C=O) groups is 2. The zero-order valence-electron chi connectivity index (χ0n) is 15.1. The fraction of sp³-hybridized carbons (Fsp3) is 0.529. The summed E-state index contributed by atoms with van der Waals surface area (Å²) in [5.41, 5.74) is 3.09. The van der Waals surface area contributed by atoms with E-state index in [0.29, 0.717) is 24.2 Å². The smallest absolute Gasteiger partial charge is 0.224 e. The van der Waals surface area contributed by atoms with Gasteiger partial charge in [0.1, 0.15) is 0 Å². The molecule has 1 amide bonds. The highest BCUT2D eigenvalue weighted by Gasteiger charge is 2.21. The molecule has 0 fully saturated rings. The molecule has 1 unspecified atom stereocenters. The average molecular weight is 348 g/mol. The van der Waals surface area contributed by atoms with Crippen LogP contribution in [0.15, 0.2) is 5.38 Å². The highest BCUT2D eigenvalue weighted by Crippen LogP contribution is 2.21. The van der Waals surface area contributed by atoms with Crippen LogP contribution in [-0.2, 0) is 11.3 Å². The molecular formula is C17H24N4O2S. The Hall–Kier alpha value is -2.02. The normalized spacial score (nSPS) is 12.2. The van der Waals surface area contributed by atoms with Crippen molar-refractivity contribution in [2.45, 2.75) is 53.6 Å². The van der Waals surface area contributed by atoms with Crippen LogP contribution >= 0.6 is 11.3 Å². The average Bonchev–Trinajstić information content (AvgIpc) is 3.01. The SMILES string of the molecule is CC(=O)c1c(C)nn(C(C)CC(=O)N(C)Cc2csc(C)n2)c1C. The van der Waals surface area contributed by atoms with Gasteiger partial charge in [-0.25, -0.2) is 4.98 Å². The van der Waals surface area contributed by atoms with Crippen LogP contribution in [0.3, 0.4) is 0 Å². The van der Waals surface area contributed by atoms with Crippen molar-refractivity contribution in [1.29, 1.82) is 0 Å². The Morgan fingerprint density at radius 3 is 2.50 bits per heavy atom. The van der Waals surface area contributed by atoms with E-state index in [9.17, 15) is 9.59 Å². The molecule has 0 spiro atoms. The third kappa shape index (κ3) is 3.90. The molecule has 0 aromatic carbocycles. The molecule has 6 nitrogen and oxygen atoms in total. The third-order valence-corrected chi connectivity index (χ3v) is 4.88. The van der Waals surface area contributed by atoms with Gasteiger partial charge in [0.2, 0.25) is 5.91 Å². The lowest BCUT2D eigenvalue weighted by molar-refractivity contribution is -0.131. The van der Waals surface area contributed by atoms with Gasteiger partial charge < -0.3 is 4.90 Å². The highest BCUT2D eigenvalue weighted by molar-refractivity contribution is 7.09. The lowest BCUT2D eigenvalue weighted by atomic mass is 10.1. The van der Waals surface area contributed by atoms with E-state index in [1.54, 1.807) is 34.9 Å². The molecule has 2 heterocycles. The Kier molecular flexibility index (Phi) is 5.54. The van der Waals surface area contributed by atoms with Crippen molar-refractivity contribution in [2.75, 3.05) is 7.05 Å². The molecule has 0 aliphatic heterocycles. The van der Waals surface area contributed by atoms with Gasteiger partial charge in [-0.1, -0.05) is 0 Å². The van der Waals surface area contributed by atoms with Crippen LogP contribution in [0.1, 0.15) is 58.8 Å². The molecule has 2 aromatic rings. The molecule has 2 aromatic heterocycles. The van der Waals surface area contributed by atoms with Crippen molar-refractivity contribution >= 4 is 23.0 Å². The zero-order valence-corrected chi connectivity index (χ0v) is 15.9. The molecule has 0 saturated carbocycles. The van der Waals surface area contributed by atoms with Gasteiger partial charge in [-0.2, -0.15) is 5.10 Å². The number of amides is 1. The highest BCUT2D eigenvalue weighted by atomic mass is 32.1. The largest absolute Gasteiger partial charge is 0.340 e. The summed E-state index contributed by atoms with van der Waals surface area (Å²) in [6.07, 6.45) is 0.332. The summed E-state index contributed by atoms with van der Waals surface area (Å²) in [4.78, 5) is 30.3. The van der Waals surface area contributed by atoms with Crippen molar-refractivity contribution in [3.63, 3.8) is 0 Å².